The third-order valence-electron chi connectivity index (χ3n) is 5.31. The molecule has 3 rings (SSSR count). The van der Waals surface area contributed by atoms with Crippen molar-refractivity contribution in [3.05, 3.63) is 65.2 Å². The molecule has 1 unspecified atom stereocenters. The van der Waals surface area contributed by atoms with Crippen LogP contribution < -0.4 is 10.1 Å². The minimum absolute atomic E-state index is 0.0429. The first-order valence-electron chi connectivity index (χ1n) is 9.75. The number of ether oxygens (including phenoxy) is 1. The molecule has 1 fully saturated rings. The number of amides is 2. The molecule has 0 aliphatic heterocycles. The van der Waals surface area contributed by atoms with E-state index in [1.807, 2.05) is 53.4 Å². The highest BCUT2D eigenvalue weighted by Gasteiger charge is 2.34. The summed E-state index contributed by atoms with van der Waals surface area (Å²) in [5, 5.41) is 2.77. The Morgan fingerprint density at radius 2 is 1.68 bits per heavy atom. The summed E-state index contributed by atoms with van der Waals surface area (Å²) in [5.41, 5.74) is 2.74. The van der Waals surface area contributed by atoms with Gasteiger partial charge in [0.1, 0.15) is 5.75 Å². The Bertz CT molecular complexity index is 811. The lowest BCUT2D eigenvalue weighted by molar-refractivity contribution is -0.119. The smallest absolute Gasteiger partial charge is 0.254 e. The molecule has 1 aliphatic carbocycles. The maximum atomic E-state index is 13.3. The highest BCUT2D eigenvalue weighted by atomic mass is 16.5. The van der Waals surface area contributed by atoms with Gasteiger partial charge in [0.15, 0.2) is 0 Å². The van der Waals surface area contributed by atoms with Gasteiger partial charge >= 0.3 is 0 Å². The lowest BCUT2D eigenvalue weighted by atomic mass is 10.1. The topological polar surface area (TPSA) is 58.6 Å². The van der Waals surface area contributed by atoms with Crippen molar-refractivity contribution < 1.29 is 14.3 Å². The number of nitrogens with zero attached hydrogens (tertiary/aromatic N) is 1. The first kappa shape index (κ1) is 19.9. The van der Waals surface area contributed by atoms with Crippen LogP contribution in [0, 0.1) is 5.92 Å². The minimum Gasteiger partial charge on any atom is -0.497 e. The summed E-state index contributed by atoms with van der Waals surface area (Å²) >= 11 is 0. The second-order valence-electron chi connectivity index (χ2n) is 7.47. The van der Waals surface area contributed by atoms with Crippen LogP contribution in [0.2, 0.25) is 0 Å². The predicted octanol–water partition coefficient (Wildman–Crippen LogP) is 3.77. The Morgan fingerprint density at radius 1 is 1.07 bits per heavy atom. The van der Waals surface area contributed by atoms with Crippen molar-refractivity contribution in [3.8, 4) is 5.75 Å². The van der Waals surface area contributed by atoms with Crippen molar-refractivity contribution in [2.24, 2.45) is 5.92 Å². The average Bonchev–Trinajstić information content (AvgIpc) is 3.56. The number of carbonyl (C=O) groups is 2. The van der Waals surface area contributed by atoms with E-state index in [0.29, 0.717) is 24.6 Å². The Morgan fingerprint density at radius 3 is 2.21 bits per heavy atom. The summed E-state index contributed by atoms with van der Waals surface area (Å²) in [6.45, 7) is 4.68. The fraction of sp³-hybridized carbons (Fsp3) is 0.391. The van der Waals surface area contributed by atoms with Crippen LogP contribution in [0.15, 0.2) is 48.5 Å². The van der Waals surface area contributed by atoms with E-state index < -0.39 is 0 Å². The third-order valence-corrected chi connectivity index (χ3v) is 5.31. The molecule has 0 spiro atoms. The Hall–Kier alpha value is -2.82. The summed E-state index contributed by atoms with van der Waals surface area (Å²) in [6.07, 6.45) is 2.37. The molecule has 5 heteroatoms. The summed E-state index contributed by atoms with van der Waals surface area (Å²) in [7, 11) is 1.65. The minimum atomic E-state index is -0.0657. The zero-order valence-electron chi connectivity index (χ0n) is 16.8. The van der Waals surface area contributed by atoms with Crippen LogP contribution in [0.5, 0.6) is 5.75 Å². The molecule has 0 aromatic heterocycles. The lowest BCUT2D eigenvalue weighted by Gasteiger charge is -2.30. The Labute approximate surface area is 166 Å². The molecule has 2 aromatic carbocycles. The van der Waals surface area contributed by atoms with E-state index >= 15 is 0 Å². The van der Waals surface area contributed by atoms with Gasteiger partial charge in [-0.15, -0.1) is 0 Å². The van der Waals surface area contributed by atoms with Crippen molar-refractivity contribution in [2.75, 3.05) is 7.11 Å². The molecule has 28 heavy (non-hydrogen) atoms. The van der Waals surface area contributed by atoms with Crippen LogP contribution in [0.4, 0.5) is 0 Å². The average molecular weight is 380 g/mol. The van der Waals surface area contributed by atoms with Gasteiger partial charge in [-0.3, -0.25) is 9.59 Å². The predicted molar refractivity (Wildman–Crippen MR) is 109 cm³/mol. The van der Waals surface area contributed by atoms with E-state index in [2.05, 4.69) is 12.2 Å². The number of rotatable bonds is 8. The summed E-state index contributed by atoms with van der Waals surface area (Å²) in [6, 6.07) is 15.6. The van der Waals surface area contributed by atoms with Crippen LogP contribution in [0.1, 0.15) is 48.2 Å². The summed E-state index contributed by atoms with van der Waals surface area (Å²) < 4.78 is 5.23. The zero-order chi connectivity index (χ0) is 20.1. The van der Waals surface area contributed by atoms with Gasteiger partial charge in [0.25, 0.3) is 5.91 Å². The van der Waals surface area contributed by atoms with Crippen LogP contribution in [0.3, 0.4) is 0 Å². The Kier molecular flexibility index (Phi) is 6.34. The fourth-order valence-electron chi connectivity index (χ4n) is 3.32. The number of nitrogens with one attached hydrogen (secondary N) is 1. The van der Waals surface area contributed by atoms with Crippen LogP contribution >= 0.6 is 0 Å². The second kappa shape index (κ2) is 8.91. The van der Waals surface area contributed by atoms with E-state index in [0.717, 1.165) is 16.9 Å². The molecule has 2 aromatic rings. The number of hydrogen-bond acceptors (Lipinski definition) is 3. The molecule has 1 atom stereocenters. The van der Waals surface area contributed by atoms with E-state index in [9.17, 15) is 9.59 Å². The lowest BCUT2D eigenvalue weighted by Crippen LogP contribution is -2.39. The second-order valence-corrected chi connectivity index (χ2v) is 7.47. The van der Waals surface area contributed by atoms with Gasteiger partial charge in [0, 0.05) is 31.6 Å². The normalized spacial score (nSPS) is 14.2. The van der Waals surface area contributed by atoms with Gasteiger partial charge in [-0.25, -0.2) is 0 Å². The Balaban J connectivity index is 1.75. The van der Waals surface area contributed by atoms with Gasteiger partial charge < -0.3 is 15.0 Å². The molecule has 2 amide bonds. The maximum Gasteiger partial charge on any atom is 0.254 e. The highest BCUT2D eigenvalue weighted by molar-refractivity contribution is 5.94. The van der Waals surface area contributed by atoms with Crippen LogP contribution in [0.25, 0.3) is 0 Å². The SMILES string of the molecule is COc1ccc(CN(C(=O)c2ccc(CNC(C)=O)cc2)C(C)C2CC2)cc1. The fourth-order valence-corrected chi connectivity index (χ4v) is 3.32. The van der Waals surface area contributed by atoms with Gasteiger partial charge in [0.05, 0.1) is 7.11 Å². The van der Waals surface area contributed by atoms with Gasteiger partial charge in [0.2, 0.25) is 5.91 Å². The van der Waals surface area contributed by atoms with Crippen molar-refractivity contribution in [1.29, 1.82) is 0 Å². The molecule has 0 saturated heterocycles. The molecule has 1 saturated carbocycles. The van der Waals surface area contributed by atoms with Gasteiger partial charge in [-0.2, -0.15) is 0 Å². The van der Waals surface area contributed by atoms with Crippen molar-refractivity contribution >= 4 is 11.8 Å². The van der Waals surface area contributed by atoms with E-state index in [-0.39, 0.29) is 17.9 Å². The molecule has 0 bridgehead atoms. The largest absolute Gasteiger partial charge is 0.497 e. The molecule has 148 valence electrons. The number of benzene rings is 2. The van der Waals surface area contributed by atoms with Crippen molar-refractivity contribution in [1.82, 2.24) is 10.2 Å². The van der Waals surface area contributed by atoms with E-state index in [1.165, 1.54) is 19.8 Å². The molecular formula is C23H28N2O3. The zero-order valence-corrected chi connectivity index (χ0v) is 16.8. The number of carbonyl (C=O) groups excluding carboxylic acids is 2. The third kappa shape index (κ3) is 5.12. The molecule has 1 N–H and O–H groups in total. The summed E-state index contributed by atoms with van der Waals surface area (Å²) in [4.78, 5) is 26.3. The van der Waals surface area contributed by atoms with Crippen LogP contribution in [-0.2, 0) is 17.9 Å². The molecule has 0 radical (unpaired) electrons. The highest BCUT2D eigenvalue weighted by Crippen LogP contribution is 2.36. The molecular weight excluding hydrogens is 352 g/mol. The van der Waals surface area contributed by atoms with E-state index in [1.54, 1.807) is 7.11 Å². The molecule has 1 aliphatic rings. The quantitative estimate of drug-likeness (QED) is 0.758. The maximum absolute atomic E-state index is 13.3. The van der Waals surface area contributed by atoms with E-state index in [4.69, 9.17) is 4.74 Å². The van der Waals surface area contributed by atoms with Gasteiger partial charge in [-0.05, 0) is 61.1 Å². The molecule has 5 nitrogen and oxygen atoms in total. The number of hydrogen-bond donors (Lipinski definition) is 1. The van der Waals surface area contributed by atoms with Crippen LogP contribution in [-0.4, -0.2) is 29.9 Å². The summed E-state index contributed by atoms with van der Waals surface area (Å²) in [5.74, 6) is 1.37. The van der Waals surface area contributed by atoms with Crippen molar-refractivity contribution in [2.45, 2.75) is 45.8 Å². The van der Waals surface area contributed by atoms with Gasteiger partial charge in [-0.1, -0.05) is 24.3 Å². The van der Waals surface area contributed by atoms with Crippen molar-refractivity contribution in [3.63, 3.8) is 0 Å². The molecule has 0 heterocycles. The monoisotopic (exact) mass is 380 g/mol. The number of methoxy groups -OCH3 is 1. The standard InChI is InChI=1S/C23H28N2O3/c1-16(20-10-11-20)25(15-19-6-12-22(28-3)13-7-19)23(27)21-8-4-18(5-9-21)14-24-17(2)26/h4-9,12-13,16,20H,10-11,14-15H2,1-3H3,(H,24,26). The first-order valence-corrected chi connectivity index (χ1v) is 9.75. The first-order chi connectivity index (χ1) is 13.5.